The average Bonchev–Trinajstić information content (AvgIpc) is 2.78. The maximum absolute atomic E-state index is 5.38. The molecule has 1 saturated heterocycles. The van der Waals surface area contributed by atoms with E-state index in [1.165, 1.54) is 16.9 Å². The van der Waals surface area contributed by atoms with E-state index in [4.69, 9.17) is 4.74 Å². The summed E-state index contributed by atoms with van der Waals surface area (Å²) in [5.41, 5.74) is 4.21. The molecular formula is C12H17ClN2O. The van der Waals surface area contributed by atoms with Crippen LogP contribution < -0.4 is 10.2 Å². The maximum Gasteiger partial charge on any atom is 0.0642 e. The highest BCUT2D eigenvalue weighted by atomic mass is 35.5. The molecule has 0 bridgehead atoms. The Morgan fingerprint density at radius 1 is 1.19 bits per heavy atom. The zero-order chi connectivity index (χ0) is 10.1. The van der Waals surface area contributed by atoms with Crippen LogP contribution in [0.3, 0.4) is 0 Å². The predicted octanol–water partition coefficient (Wildman–Crippen LogP) is 1.91. The van der Waals surface area contributed by atoms with Gasteiger partial charge in [0.2, 0.25) is 0 Å². The Balaban J connectivity index is 0.000000963. The molecule has 1 aromatic rings. The third-order valence-electron chi connectivity index (χ3n) is 3.19. The largest absolute Gasteiger partial charge is 0.384 e. The van der Waals surface area contributed by atoms with Crippen molar-refractivity contribution in [1.29, 1.82) is 0 Å². The van der Waals surface area contributed by atoms with Gasteiger partial charge < -0.3 is 15.0 Å². The molecule has 0 radical (unpaired) electrons. The van der Waals surface area contributed by atoms with E-state index in [0.29, 0.717) is 0 Å². The Labute approximate surface area is 102 Å². The lowest BCUT2D eigenvalue weighted by Gasteiger charge is -2.30. The Bertz CT molecular complexity index is 364. The Morgan fingerprint density at radius 3 is 2.81 bits per heavy atom. The number of nitrogens with zero attached hydrogens (tertiary/aromatic N) is 1. The fourth-order valence-corrected chi connectivity index (χ4v) is 2.43. The molecule has 3 nitrogen and oxygen atoms in total. The minimum absolute atomic E-state index is 0. The van der Waals surface area contributed by atoms with Crippen molar-refractivity contribution in [3.8, 4) is 0 Å². The zero-order valence-electron chi connectivity index (χ0n) is 9.24. The maximum atomic E-state index is 5.38. The van der Waals surface area contributed by atoms with Gasteiger partial charge in [0.05, 0.1) is 13.2 Å². The van der Waals surface area contributed by atoms with Crippen LogP contribution in [0, 0.1) is 0 Å². The van der Waals surface area contributed by atoms with E-state index in [2.05, 4.69) is 28.4 Å². The van der Waals surface area contributed by atoms with Gasteiger partial charge in [-0.25, -0.2) is 0 Å². The van der Waals surface area contributed by atoms with Crippen molar-refractivity contribution in [2.75, 3.05) is 43.1 Å². The lowest BCUT2D eigenvalue weighted by atomic mass is 10.1. The topological polar surface area (TPSA) is 24.5 Å². The van der Waals surface area contributed by atoms with Crippen LogP contribution in [0.1, 0.15) is 5.56 Å². The molecule has 0 unspecified atom stereocenters. The van der Waals surface area contributed by atoms with Gasteiger partial charge >= 0.3 is 0 Å². The molecule has 3 rings (SSSR count). The van der Waals surface area contributed by atoms with Crippen molar-refractivity contribution >= 4 is 23.8 Å². The van der Waals surface area contributed by atoms with Crippen LogP contribution in [-0.4, -0.2) is 32.8 Å². The lowest BCUT2D eigenvalue weighted by molar-refractivity contribution is 0.122. The summed E-state index contributed by atoms with van der Waals surface area (Å²) in [5, 5.41) is 3.42. The first-order valence-electron chi connectivity index (χ1n) is 5.63. The summed E-state index contributed by atoms with van der Waals surface area (Å²) in [5.74, 6) is 0. The second-order valence-electron chi connectivity index (χ2n) is 4.08. The number of benzene rings is 1. The summed E-state index contributed by atoms with van der Waals surface area (Å²) in [4.78, 5) is 2.44. The molecule has 0 spiro atoms. The third kappa shape index (κ3) is 1.97. The van der Waals surface area contributed by atoms with Crippen LogP contribution in [0.2, 0.25) is 0 Å². The molecule has 1 fully saturated rings. The van der Waals surface area contributed by atoms with Gasteiger partial charge in [-0.2, -0.15) is 0 Å². The van der Waals surface area contributed by atoms with Crippen molar-refractivity contribution in [1.82, 2.24) is 0 Å². The number of nitrogens with one attached hydrogen (secondary N) is 1. The number of halogens is 1. The summed E-state index contributed by atoms with van der Waals surface area (Å²) in [6.45, 7) is 4.85. The molecule has 0 amide bonds. The van der Waals surface area contributed by atoms with Gasteiger partial charge in [-0.05, 0) is 18.6 Å². The number of rotatable bonds is 1. The first-order chi connectivity index (χ1) is 7.45. The quantitative estimate of drug-likeness (QED) is 0.812. The van der Waals surface area contributed by atoms with Gasteiger partial charge in [0.1, 0.15) is 0 Å². The number of hydrogen-bond acceptors (Lipinski definition) is 3. The number of hydrogen-bond donors (Lipinski definition) is 1. The summed E-state index contributed by atoms with van der Waals surface area (Å²) >= 11 is 0. The average molecular weight is 241 g/mol. The van der Waals surface area contributed by atoms with E-state index in [1.54, 1.807) is 0 Å². The minimum Gasteiger partial charge on any atom is -0.384 e. The Hall–Kier alpha value is -0.930. The fourth-order valence-electron chi connectivity index (χ4n) is 2.43. The summed E-state index contributed by atoms with van der Waals surface area (Å²) in [6, 6.07) is 6.55. The first kappa shape index (κ1) is 11.6. The second kappa shape index (κ2) is 4.93. The highest BCUT2D eigenvalue weighted by Gasteiger charge is 2.19. The van der Waals surface area contributed by atoms with Crippen molar-refractivity contribution in [3.05, 3.63) is 23.8 Å². The molecule has 0 atom stereocenters. The SMILES string of the molecule is Cl.c1cc2c(c(N3CCOCC3)c1)CCN2. The van der Waals surface area contributed by atoms with E-state index in [9.17, 15) is 0 Å². The van der Waals surface area contributed by atoms with Crippen molar-refractivity contribution < 1.29 is 4.74 Å². The Morgan fingerprint density at radius 2 is 2.00 bits per heavy atom. The van der Waals surface area contributed by atoms with Crippen LogP contribution in [0.15, 0.2) is 18.2 Å². The number of ether oxygens (including phenoxy) is 1. The van der Waals surface area contributed by atoms with Gasteiger partial charge in [0.15, 0.2) is 0 Å². The van der Waals surface area contributed by atoms with Gasteiger partial charge in [0, 0.05) is 36.6 Å². The molecule has 1 aromatic carbocycles. The van der Waals surface area contributed by atoms with E-state index >= 15 is 0 Å². The van der Waals surface area contributed by atoms with Crippen LogP contribution in [-0.2, 0) is 11.2 Å². The van der Waals surface area contributed by atoms with Crippen LogP contribution >= 0.6 is 12.4 Å². The molecule has 16 heavy (non-hydrogen) atoms. The minimum atomic E-state index is 0. The summed E-state index contributed by atoms with van der Waals surface area (Å²) < 4.78 is 5.38. The summed E-state index contributed by atoms with van der Waals surface area (Å²) in [7, 11) is 0. The monoisotopic (exact) mass is 240 g/mol. The van der Waals surface area contributed by atoms with E-state index < -0.39 is 0 Å². The zero-order valence-corrected chi connectivity index (χ0v) is 10.1. The highest BCUT2D eigenvalue weighted by Crippen LogP contribution is 2.31. The number of morpholine rings is 1. The normalized spacial score (nSPS) is 18.6. The van der Waals surface area contributed by atoms with Gasteiger partial charge in [-0.15, -0.1) is 12.4 Å². The molecule has 0 saturated carbocycles. The van der Waals surface area contributed by atoms with Crippen molar-refractivity contribution in [2.24, 2.45) is 0 Å². The lowest BCUT2D eigenvalue weighted by Crippen LogP contribution is -2.36. The van der Waals surface area contributed by atoms with E-state index in [1.807, 2.05) is 0 Å². The smallest absolute Gasteiger partial charge is 0.0642 e. The number of anilines is 2. The summed E-state index contributed by atoms with van der Waals surface area (Å²) in [6.07, 6.45) is 1.16. The standard InChI is InChI=1S/C12H16N2O.ClH/c1-2-11-10(4-5-13-11)12(3-1)14-6-8-15-9-7-14;/h1-3,13H,4-9H2;1H. The van der Waals surface area contributed by atoms with Crippen molar-refractivity contribution in [2.45, 2.75) is 6.42 Å². The van der Waals surface area contributed by atoms with Gasteiger partial charge in [-0.1, -0.05) is 6.07 Å². The number of fused-ring (bicyclic) bond motifs is 1. The van der Waals surface area contributed by atoms with E-state index in [-0.39, 0.29) is 12.4 Å². The molecule has 2 heterocycles. The highest BCUT2D eigenvalue weighted by molar-refractivity contribution is 5.85. The molecule has 1 N–H and O–H groups in total. The Kier molecular flexibility index (Phi) is 3.56. The molecule has 4 heteroatoms. The molecule has 0 aromatic heterocycles. The fraction of sp³-hybridized carbons (Fsp3) is 0.500. The molecule has 0 aliphatic carbocycles. The van der Waals surface area contributed by atoms with Crippen molar-refractivity contribution in [3.63, 3.8) is 0 Å². The molecule has 2 aliphatic rings. The molecular weight excluding hydrogens is 224 g/mol. The molecule has 88 valence electrons. The van der Waals surface area contributed by atoms with Crippen LogP contribution in [0.4, 0.5) is 11.4 Å². The van der Waals surface area contributed by atoms with Gasteiger partial charge in [-0.3, -0.25) is 0 Å². The van der Waals surface area contributed by atoms with E-state index in [0.717, 1.165) is 39.3 Å². The second-order valence-corrected chi connectivity index (χ2v) is 4.08. The third-order valence-corrected chi connectivity index (χ3v) is 3.19. The predicted molar refractivity (Wildman–Crippen MR) is 68.9 cm³/mol. The van der Waals surface area contributed by atoms with Crippen LogP contribution in [0.5, 0.6) is 0 Å². The van der Waals surface area contributed by atoms with Gasteiger partial charge in [0.25, 0.3) is 0 Å². The molecule has 2 aliphatic heterocycles. The van der Waals surface area contributed by atoms with Crippen LogP contribution in [0.25, 0.3) is 0 Å². The first-order valence-corrected chi connectivity index (χ1v) is 5.63.